The Morgan fingerprint density at radius 1 is 1.05 bits per heavy atom. The average molecular weight is 656 g/mol. The van der Waals surface area contributed by atoms with Gasteiger partial charge in [0, 0.05) is 5.56 Å². The third-order valence-corrected chi connectivity index (χ3v) is 7.70. The Bertz CT molecular complexity index is 1690. The topological polar surface area (TPSA) is 124 Å². The normalized spacial score (nSPS) is 11.5. The van der Waals surface area contributed by atoms with Crippen LogP contribution in [0.15, 0.2) is 64.4 Å². The monoisotopic (exact) mass is 654 g/mol. The predicted molar refractivity (Wildman–Crippen MR) is 171 cm³/mol. The minimum Gasteiger partial charge on any atom is -0.467 e. The summed E-state index contributed by atoms with van der Waals surface area (Å²) in [6.45, 7) is 9.97. The third kappa shape index (κ3) is 9.34. The molecular formula is C31H32Cl2N6O4S. The Hall–Kier alpha value is -3.82. The van der Waals surface area contributed by atoms with Gasteiger partial charge in [0.1, 0.15) is 18.0 Å². The van der Waals surface area contributed by atoms with Crippen molar-refractivity contribution in [2.45, 2.75) is 57.3 Å². The number of benzene rings is 2. The van der Waals surface area contributed by atoms with E-state index in [1.54, 1.807) is 50.4 Å². The lowest BCUT2D eigenvalue weighted by atomic mass is 9.87. The van der Waals surface area contributed by atoms with Crippen molar-refractivity contribution in [2.24, 2.45) is 0 Å². The molecule has 0 spiro atoms. The molecule has 0 radical (unpaired) electrons. The van der Waals surface area contributed by atoms with Crippen LogP contribution in [0.5, 0.6) is 0 Å². The Morgan fingerprint density at radius 2 is 1.84 bits per heavy atom. The standard InChI is InChI=1S/C31H32Cl2N6O4S/c1-30(2,3)21-9-11-26(24(33)16-21)39-29(36-37-38-39)44-19-28(41)35-25-10-8-20(15-23(25)32)12-13-31(4,5)43-18-27(40)34-17-22-7-6-14-42-22/h6-11,14-16H,17-19H2,1-5H3,(H,34,40)(H,35,41). The first-order chi connectivity index (χ1) is 20.8. The first kappa shape index (κ1) is 33.1. The Labute approximate surface area is 270 Å². The summed E-state index contributed by atoms with van der Waals surface area (Å²) >= 11 is 14.2. The predicted octanol–water partition coefficient (Wildman–Crippen LogP) is 6.05. The second-order valence-electron chi connectivity index (χ2n) is 11.2. The van der Waals surface area contributed by atoms with Crippen molar-refractivity contribution in [3.05, 3.63) is 81.7 Å². The van der Waals surface area contributed by atoms with E-state index >= 15 is 0 Å². The average Bonchev–Trinajstić information content (AvgIpc) is 3.66. The first-order valence-corrected chi connectivity index (χ1v) is 15.3. The summed E-state index contributed by atoms with van der Waals surface area (Å²) in [7, 11) is 0. The maximum Gasteiger partial charge on any atom is 0.246 e. The number of ether oxygens (including phenoxy) is 1. The molecule has 0 saturated carbocycles. The van der Waals surface area contributed by atoms with Crippen molar-refractivity contribution in [3.63, 3.8) is 0 Å². The molecule has 0 fully saturated rings. The molecule has 10 nitrogen and oxygen atoms in total. The van der Waals surface area contributed by atoms with E-state index in [0.717, 1.165) is 5.56 Å². The highest BCUT2D eigenvalue weighted by Gasteiger charge is 2.19. The number of nitrogens with zero attached hydrogens (tertiary/aromatic N) is 4. The van der Waals surface area contributed by atoms with Crippen LogP contribution in [-0.4, -0.2) is 50.0 Å². The molecule has 230 valence electrons. The first-order valence-electron chi connectivity index (χ1n) is 13.6. The molecule has 44 heavy (non-hydrogen) atoms. The molecule has 0 bridgehead atoms. The lowest BCUT2D eigenvalue weighted by Crippen LogP contribution is -2.32. The van der Waals surface area contributed by atoms with Crippen LogP contribution in [0.3, 0.4) is 0 Å². The SMILES string of the molecule is CC(C)(C#Cc1ccc(NC(=O)CSc2nnnn2-c2ccc(C(C)(C)C)cc2Cl)c(Cl)c1)OCC(=O)NCc1ccco1. The zero-order valence-corrected chi connectivity index (χ0v) is 27.2. The Kier molecular flexibility index (Phi) is 10.8. The van der Waals surface area contributed by atoms with Gasteiger partial charge in [-0.3, -0.25) is 9.59 Å². The van der Waals surface area contributed by atoms with Crippen LogP contribution in [0.1, 0.15) is 51.5 Å². The van der Waals surface area contributed by atoms with Crippen molar-refractivity contribution < 1.29 is 18.7 Å². The van der Waals surface area contributed by atoms with Crippen LogP contribution in [0.4, 0.5) is 5.69 Å². The second-order valence-corrected chi connectivity index (χ2v) is 13.0. The van der Waals surface area contributed by atoms with Crippen molar-refractivity contribution in [1.29, 1.82) is 0 Å². The zero-order valence-electron chi connectivity index (χ0n) is 24.9. The number of hydrogen-bond acceptors (Lipinski definition) is 8. The summed E-state index contributed by atoms with van der Waals surface area (Å²) in [5.41, 5.74) is 1.81. The summed E-state index contributed by atoms with van der Waals surface area (Å²) < 4.78 is 12.4. The van der Waals surface area contributed by atoms with E-state index in [-0.39, 0.29) is 36.1 Å². The Morgan fingerprint density at radius 3 is 2.52 bits per heavy atom. The van der Waals surface area contributed by atoms with E-state index in [2.05, 4.69) is 58.8 Å². The third-order valence-electron chi connectivity index (χ3n) is 6.17. The van der Waals surface area contributed by atoms with Crippen LogP contribution in [-0.2, 0) is 26.3 Å². The fourth-order valence-corrected chi connectivity index (χ4v) is 4.90. The van der Waals surface area contributed by atoms with Gasteiger partial charge in [-0.2, -0.15) is 4.68 Å². The number of aromatic nitrogens is 4. The van der Waals surface area contributed by atoms with Crippen LogP contribution in [0.2, 0.25) is 10.0 Å². The molecule has 2 heterocycles. The number of carbonyl (C=O) groups excluding carboxylic acids is 2. The minimum atomic E-state index is -0.896. The lowest BCUT2D eigenvalue weighted by molar-refractivity contribution is -0.129. The minimum absolute atomic E-state index is 0.0383. The van der Waals surface area contributed by atoms with Crippen molar-refractivity contribution in [3.8, 4) is 17.5 Å². The van der Waals surface area contributed by atoms with E-state index in [4.69, 9.17) is 32.4 Å². The molecule has 0 aliphatic heterocycles. The van der Waals surface area contributed by atoms with Crippen LogP contribution >= 0.6 is 35.0 Å². The van der Waals surface area contributed by atoms with Crippen LogP contribution in [0, 0.1) is 11.8 Å². The number of carbonyl (C=O) groups is 2. The van der Waals surface area contributed by atoms with E-state index in [1.807, 2.05) is 18.2 Å². The maximum absolute atomic E-state index is 12.7. The molecule has 0 aliphatic carbocycles. The molecule has 0 aliphatic rings. The molecule has 2 aromatic carbocycles. The van der Waals surface area contributed by atoms with Gasteiger partial charge in [0.15, 0.2) is 0 Å². The van der Waals surface area contributed by atoms with Crippen LogP contribution in [0.25, 0.3) is 5.69 Å². The van der Waals surface area contributed by atoms with Gasteiger partial charge in [-0.25, -0.2) is 0 Å². The highest BCUT2D eigenvalue weighted by Crippen LogP contribution is 2.30. The molecule has 4 rings (SSSR count). The molecule has 13 heteroatoms. The number of tetrazole rings is 1. The van der Waals surface area contributed by atoms with Gasteiger partial charge in [-0.15, -0.1) is 5.10 Å². The smallest absolute Gasteiger partial charge is 0.246 e. The van der Waals surface area contributed by atoms with Crippen molar-refractivity contribution in [1.82, 2.24) is 25.5 Å². The largest absolute Gasteiger partial charge is 0.467 e. The summed E-state index contributed by atoms with van der Waals surface area (Å²) in [6, 6.07) is 14.3. The van der Waals surface area contributed by atoms with E-state index in [9.17, 15) is 9.59 Å². The van der Waals surface area contributed by atoms with Gasteiger partial charge in [0.05, 0.1) is 40.0 Å². The summed E-state index contributed by atoms with van der Waals surface area (Å²) in [6.07, 6.45) is 1.54. The number of anilines is 1. The number of furan rings is 1. The highest BCUT2D eigenvalue weighted by atomic mass is 35.5. The zero-order chi connectivity index (χ0) is 31.9. The summed E-state index contributed by atoms with van der Waals surface area (Å²) in [5, 5.41) is 18.6. The quantitative estimate of drug-likeness (QED) is 0.156. The lowest BCUT2D eigenvalue weighted by Gasteiger charge is -2.20. The van der Waals surface area contributed by atoms with Gasteiger partial charge < -0.3 is 19.8 Å². The highest BCUT2D eigenvalue weighted by molar-refractivity contribution is 7.99. The second kappa shape index (κ2) is 14.3. The number of hydrogen-bond donors (Lipinski definition) is 2. The van der Waals surface area contributed by atoms with Gasteiger partial charge in [0.25, 0.3) is 0 Å². The Balaban J connectivity index is 1.30. The van der Waals surface area contributed by atoms with Crippen molar-refractivity contribution in [2.75, 3.05) is 17.7 Å². The maximum atomic E-state index is 12.7. The number of nitrogens with one attached hydrogen (secondary N) is 2. The molecule has 0 saturated heterocycles. The molecule has 2 amide bonds. The van der Waals surface area contributed by atoms with Gasteiger partial charge in [-0.1, -0.05) is 73.6 Å². The van der Waals surface area contributed by atoms with Gasteiger partial charge >= 0.3 is 0 Å². The molecule has 2 N–H and O–H groups in total. The van der Waals surface area contributed by atoms with E-state index < -0.39 is 5.60 Å². The number of amides is 2. The van der Waals surface area contributed by atoms with Crippen LogP contribution < -0.4 is 10.6 Å². The fraction of sp³-hybridized carbons (Fsp3) is 0.323. The molecule has 0 unspecified atom stereocenters. The molecular weight excluding hydrogens is 623 g/mol. The fourth-order valence-electron chi connectivity index (χ4n) is 3.73. The van der Waals surface area contributed by atoms with Crippen molar-refractivity contribution >= 4 is 52.5 Å². The number of rotatable bonds is 10. The van der Waals surface area contributed by atoms with Gasteiger partial charge in [0.2, 0.25) is 17.0 Å². The molecule has 0 atom stereocenters. The van der Waals surface area contributed by atoms with E-state index in [0.29, 0.717) is 37.9 Å². The summed E-state index contributed by atoms with van der Waals surface area (Å²) in [5.74, 6) is 6.13. The molecule has 2 aromatic heterocycles. The number of thioether (sulfide) groups is 1. The summed E-state index contributed by atoms with van der Waals surface area (Å²) in [4.78, 5) is 24.8. The molecule has 4 aromatic rings. The van der Waals surface area contributed by atoms with Gasteiger partial charge in [-0.05, 0) is 77.7 Å². The van der Waals surface area contributed by atoms with E-state index in [1.165, 1.54) is 16.4 Å². The number of halogens is 2.